The molecule has 1 fully saturated rings. The molecule has 0 saturated carbocycles. The summed E-state index contributed by atoms with van der Waals surface area (Å²) in [5, 5.41) is 2.94. The van der Waals surface area contributed by atoms with Gasteiger partial charge in [-0.15, -0.1) is 0 Å². The Balaban J connectivity index is 2.28. The zero-order valence-electron chi connectivity index (χ0n) is 9.29. The van der Waals surface area contributed by atoms with Crippen LogP contribution < -0.4 is 5.32 Å². The minimum Gasteiger partial charge on any atom is -0.354 e. The average Bonchev–Trinajstić information content (AvgIpc) is 2.43. The van der Waals surface area contributed by atoms with Gasteiger partial charge in [0.05, 0.1) is 12.0 Å². The van der Waals surface area contributed by atoms with Crippen LogP contribution in [0.4, 0.5) is 0 Å². The van der Waals surface area contributed by atoms with Gasteiger partial charge in [0, 0.05) is 12.2 Å². The van der Waals surface area contributed by atoms with Crippen LogP contribution in [-0.4, -0.2) is 22.0 Å². The second-order valence-corrected chi connectivity index (χ2v) is 4.13. The topological polar surface area (TPSA) is 46.9 Å². The van der Waals surface area contributed by atoms with E-state index >= 15 is 0 Å². The number of nitrogens with one attached hydrogen (secondary N) is 1. The molecule has 15 heavy (non-hydrogen) atoms. The molecular weight excluding hydrogens is 190 g/mol. The van der Waals surface area contributed by atoms with Crippen molar-refractivity contribution in [3.05, 3.63) is 17.7 Å². The number of carbonyl (C=O) groups is 1. The molecule has 0 aromatic carbocycles. The van der Waals surface area contributed by atoms with Crippen LogP contribution in [0.15, 0.2) is 6.33 Å². The molecule has 1 N–H and O–H groups in total. The Bertz CT molecular complexity index is 370. The highest BCUT2D eigenvalue weighted by Crippen LogP contribution is 2.21. The van der Waals surface area contributed by atoms with Gasteiger partial charge in [-0.25, -0.2) is 4.98 Å². The molecule has 0 bridgehead atoms. The summed E-state index contributed by atoms with van der Waals surface area (Å²) in [4.78, 5) is 16.1. The number of imidazole rings is 1. The Labute approximate surface area is 89.7 Å². The molecule has 1 aromatic rings. The van der Waals surface area contributed by atoms with Gasteiger partial charge < -0.3 is 9.88 Å². The SMILES string of the molecule is Cc1ncn(C2CCCCNC2=O)c1C. The molecule has 2 heterocycles. The van der Waals surface area contributed by atoms with Gasteiger partial charge >= 0.3 is 0 Å². The second-order valence-electron chi connectivity index (χ2n) is 4.13. The Hall–Kier alpha value is -1.32. The molecule has 4 nitrogen and oxygen atoms in total. The second kappa shape index (κ2) is 4.04. The number of carbonyl (C=O) groups excluding carboxylic acids is 1. The van der Waals surface area contributed by atoms with Crippen molar-refractivity contribution in [2.45, 2.75) is 39.2 Å². The van der Waals surface area contributed by atoms with Crippen LogP contribution in [0.3, 0.4) is 0 Å². The minimum absolute atomic E-state index is 0.0614. The summed E-state index contributed by atoms with van der Waals surface area (Å²) in [5.41, 5.74) is 2.10. The van der Waals surface area contributed by atoms with Gasteiger partial charge in [0.1, 0.15) is 6.04 Å². The average molecular weight is 207 g/mol. The molecule has 1 unspecified atom stereocenters. The lowest BCUT2D eigenvalue weighted by molar-refractivity contribution is -0.124. The molecule has 0 spiro atoms. The van der Waals surface area contributed by atoms with Gasteiger partial charge in [0.2, 0.25) is 5.91 Å². The molecule has 4 heteroatoms. The highest BCUT2D eigenvalue weighted by Gasteiger charge is 2.23. The lowest BCUT2D eigenvalue weighted by Crippen LogP contribution is -2.31. The van der Waals surface area contributed by atoms with E-state index in [9.17, 15) is 4.79 Å². The van der Waals surface area contributed by atoms with Crippen LogP contribution in [0.5, 0.6) is 0 Å². The van der Waals surface area contributed by atoms with E-state index in [1.165, 1.54) is 0 Å². The highest BCUT2D eigenvalue weighted by atomic mass is 16.2. The molecule has 82 valence electrons. The highest BCUT2D eigenvalue weighted by molar-refractivity contribution is 5.80. The fraction of sp³-hybridized carbons (Fsp3) is 0.636. The number of rotatable bonds is 1. The normalized spacial score (nSPS) is 22.3. The number of nitrogens with zero attached hydrogens (tertiary/aromatic N) is 2. The molecule has 1 amide bonds. The molecule has 1 aliphatic heterocycles. The van der Waals surface area contributed by atoms with E-state index in [1.54, 1.807) is 6.33 Å². The van der Waals surface area contributed by atoms with Crippen molar-refractivity contribution >= 4 is 5.91 Å². The summed E-state index contributed by atoms with van der Waals surface area (Å²) in [6, 6.07) is -0.0614. The lowest BCUT2D eigenvalue weighted by Gasteiger charge is -2.16. The first-order valence-corrected chi connectivity index (χ1v) is 5.48. The summed E-state index contributed by atoms with van der Waals surface area (Å²) < 4.78 is 2.00. The van der Waals surface area contributed by atoms with Crippen LogP contribution in [0.25, 0.3) is 0 Å². The molecule has 1 saturated heterocycles. The van der Waals surface area contributed by atoms with Crippen LogP contribution >= 0.6 is 0 Å². The predicted molar refractivity (Wildman–Crippen MR) is 57.6 cm³/mol. The first-order chi connectivity index (χ1) is 7.20. The maximum atomic E-state index is 11.8. The maximum absolute atomic E-state index is 11.8. The van der Waals surface area contributed by atoms with Crippen LogP contribution in [-0.2, 0) is 4.79 Å². The Morgan fingerprint density at radius 2 is 2.27 bits per heavy atom. The van der Waals surface area contributed by atoms with Crippen LogP contribution in [0, 0.1) is 13.8 Å². The van der Waals surface area contributed by atoms with Crippen molar-refractivity contribution in [2.75, 3.05) is 6.54 Å². The zero-order chi connectivity index (χ0) is 10.8. The first-order valence-electron chi connectivity index (χ1n) is 5.48. The number of aryl methyl sites for hydroxylation is 1. The van der Waals surface area contributed by atoms with Crippen molar-refractivity contribution in [3.63, 3.8) is 0 Å². The van der Waals surface area contributed by atoms with Gasteiger partial charge in [0.15, 0.2) is 0 Å². The number of aromatic nitrogens is 2. The third kappa shape index (κ3) is 1.89. The smallest absolute Gasteiger partial charge is 0.243 e. The fourth-order valence-electron chi connectivity index (χ4n) is 2.02. The largest absolute Gasteiger partial charge is 0.354 e. The monoisotopic (exact) mass is 207 g/mol. The van der Waals surface area contributed by atoms with E-state index in [2.05, 4.69) is 10.3 Å². The molecule has 1 aromatic heterocycles. The number of hydrogen-bond donors (Lipinski definition) is 1. The summed E-state index contributed by atoms with van der Waals surface area (Å²) in [5.74, 6) is 0.132. The van der Waals surface area contributed by atoms with Gasteiger partial charge in [-0.05, 0) is 33.1 Å². The van der Waals surface area contributed by atoms with Crippen molar-refractivity contribution in [3.8, 4) is 0 Å². The predicted octanol–water partition coefficient (Wildman–Crippen LogP) is 1.34. The summed E-state index contributed by atoms with van der Waals surface area (Å²) in [6.07, 6.45) is 4.87. The summed E-state index contributed by atoms with van der Waals surface area (Å²) >= 11 is 0. The van der Waals surface area contributed by atoms with E-state index in [1.807, 2.05) is 18.4 Å². The van der Waals surface area contributed by atoms with E-state index in [0.29, 0.717) is 0 Å². The first kappa shape index (κ1) is 10.2. The third-order valence-electron chi connectivity index (χ3n) is 3.13. The van der Waals surface area contributed by atoms with E-state index < -0.39 is 0 Å². The molecule has 1 atom stereocenters. The van der Waals surface area contributed by atoms with Gasteiger partial charge in [0.25, 0.3) is 0 Å². The van der Waals surface area contributed by atoms with Gasteiger partial charge in [-0.2, -0.15) is 0 Å². The molecule has 0 aliphatic carbocycles. The molecule has 0 radical (unpaired) electrons. The van der Waals surface area contributed by atoms with E-state index in [0.717, 1.165) is 37.2 Å². The summed E-state index contributed by atoms with van der Waals surface area (Å²) in [6.45, 7) is 4.79. The Kier molecular flexibility index (Phi) is 2.75. The molecule has 2 rings (SSSR count). The Morgan fingerprint density at radius 1 is 1.47 bits per heavy atom. The molecule has 1 aliphatic rings. The van der Waals surface area contributed by atoms with Crippen LogP contribution in [0.2, 0.25) is 0 Å². The lowest BCUT2D eigenvalue weighted by atomic mass is 10.1. The quantitative estimate of drug-likeness (QED) is 0.755. The van der Waals surface area contributed by atoms with E-state index in [4.69, 9.17) is 0 Å². The summed E-state index contributed by atoms with van der Waals surface area (Å²) in [7, 11) is 0. The van der Waals surface area contributed by atoms with Crippen molar-refractivity contribution < 1.29 is 4.79 Å². The molecular formula is C11H17N3O. The Morgan fingerprint density at radius 3 is 2.93 bits per heavy atom. The third-order valence-corrected chi connectivity index (χ3v) is 3.13. The number of hydrogen-bond acceptors (Lipinski definition) is 2. The van der Waals surface area contributed by atoms with Crippen molar-refractivity contribution in [2.24, 2.45) is 0 Å². The fourth-order valence-corrected chi connectivity index (χ4v) is 2.02. The van der Waals surface area contributed by atoms with Gasteiger partial charge in [-0.3, -0.25) is 4.79 Å². The number of amides is 1. The minimum atomic E-state index is -0.0614. The van der Waals surface area contributed by atoms with E-state index in [-0.39, 0.29) is 11.9 Å². The van der Waals surface area contributed by atoms with Crippen molar-refractivity contribution in [1.82, 2.24) is 14.9 Å². The standard InChI is InChI=1S/C11H17N3O/c1-8-9(2)14(7-13-8)10-5-3-4-6-12-11(10)15/h7,10H,3-6H2,1-2H3,(H,12,15). The maximum Gasteiger partial charge on any atom is 0.243 e. The van der Waals surface area contributed by atoms with Gasteiger partial charge in [-0.1, -0.05) is 0 Å². The zero-order valence-corrected chi connectivity index (χ0v) is 9.29. The van der Waals surface area contributed by atoms with Crippen molar-refractivity contribution in [1.29, 1.82) is 0 Å². The van der Waals surface area contributed by atoms with Crippen LogP contribution in [0.1, 0.15) is 36.7 Å².